The second-order valence-corrected chi connectivity index (χ2v) is 4.92. The van der Waals surface area contributed by atoms with Crippen molar-refractivity contribution < 1.29 is 9.47 Å². The highest BCUT2D eigenvalue weighted by molar-refractivity contribution is 4.80. The molecular formula is C14H29NO2. The van der Waals surface area contributed by atoms with Crippen LogP contribution >= 0.6 is 0 Å². The summed E-state index contributed by atoms with van der Waals surface area (Å²) in [7, 11) is 0. The summed E-state index contributed by atoms with van der Waals surface area (Å²) in [4.78, 5) is 0. The minimum Gasteiger partial charge on any atom is -0.379 e. The van der Waals surface area contributed by atoms with Crippen LogP contribution in [0.1, 0.15) is 52.4 Å². The van der Waals surface area contributed by atoms with E-state index < -0.39 is 0 Å². The van der Waals surface area contributed by atoms with Crippen molar-refractivity contribution in [2.24, 2.45) is 0 Å². The van der Waals surface area contributed by atoms with E-state index >= 15 is 0 Å². The van der Waals surface area contributed by atoms with Gasteiger partial charge in [-0.3, -0.25) is 0 Å². The molecule has 0 aromatic heterocycles. The van der Waals surface area contributed by atoms with Crippen molar-refractivity contribution in [2.75, 3.05) is 26.4 Å². The highest BCUT2D eigenvalue weighted by Crippen LogP contribution is 2.21. The molecule has 0 bridgehead atoms. The maximum atomic E-state index is 5.83. The number of nitrogens with one attached hydrogen (secondary N) is 1. The Hall–Kier alpha value is -0.120. The van der Waals surface area contributed by atoms with Gasteiger partial charge in [-0.25, -0.2) is 0 Å². The first-order valence-electron chi connectivity index (χ1n) is 7.29. The molecule has 2 atom stereocenters. The second-order valence-electron chi connectivity index (χ2n) is 4.92. The average Bonchev–Trinajstić information content (AvgIpc) is 2.79. The molecule has 0 spiro atoms. The van der Waals surface area contributed by atoms with Crippen LogP contribution in [0.4, 0.5) is 0 Å². The van der Waals surface area contributed by atoms with Crippen molar-refractivity contribution in [3.05, 3.63) is 0 Å². The van der Waals surface area contributed by atoms with Gasteiger partial charge in [0.25, 0.3) is 0 Å². The van der Waals surface area contributed by atoms with Crippen molar-refractivity contribution in [3.8, 4) is 0 Å². The summed E-state index contributed by atoms with van der Waals surface area (Å²) >= 11 is 0. The van der Waals surface area contributed by atoms with Crippen LogP contribution in [0.5, 0.6) is 0 Å². The van der Waals surface area contributed by atoms with Gasteiger partial charge in [0.05, 0.1) is 19.3 Å². The molecule has 1 rings (SSSR count). The molecule has 0 amide bonds. The number of hydrogen-bond donors (Lipinski definition) is 1. The van der Waals surface area contributed by atoms with Gasteiger partial charge in [0, 0.05) is 12.6 Å². The Labute approximate surface area is 106 Å². The van der Waals surface area contributed by atoms with Crippen molar-refractivity contribution in [1.29, 1.82) is 0 Å². The zero-order valence-electron chi connectivity index (χ0n) is 11.5. The summed E-state index contributed by atoms with van der Waals surface area (Å²) < 4.78 is 11.3. The summed E-state index contributed by atoms with van der Waals surface area (Å²) in [6, 6.07) is 0.681. The Kier molecular flexibility index (Phi) is 8.67. The molecule has 0 aliphatic heterocycles. The van der Waals surface area contributed by atoms with E-state index in [-0.39, 0.29) is 0 Å². The summed E-state index contributed by atoms with van der Waals surface area (Å²) in [5, 5.41) is 3.57. The first kappa shape index (κ1) is 14.9. The Morgan fingerprint density at radius 1 is 1.06 bits per heavy atom. The lowest BCUT2D eigenvalue weighted by Crippen LogP contribution is -2.28. The minimum atomic E-state index is 0.458. The molecule has 102 valence electrons. The van der Waals surface area contributed by atoms with Crippen molar-refractivity contribution in [1.82, 2.24) is 5.32 Å². The van der Waals surface area contributed by atoms with E-state index in [1.54, 1.807) is 0 Å². The molecule has 3 nitrogen and oxygen atoms in total. The quantitative estimate of drug-likeness (QED) is 0.598. The molecule has 1 saturated carbocycles. The van der Waals surface area contributed by atoms with Gasteiger partial charge in [0.15, 0.2) is 0 Å². The van der Waals surface area contributed by atoms with Crippen LogP contribution in [0.2, 0.25) is 0 Å². The number of ether oxygens (including phenoxy) is 2. The monoisotopic (exact) mass is 243 g/mol. The first-order chi connectivity index (χ1) is 8.36. The van der Waals surface area contributed by atoms with Crippen LogP contribution < -0.4 is 5.32 Å². The predicted molar refractivity (Wildman–Crippen MR) is 71.4 cm³/mol. The van der Waals surface area contributed by atoms with Crippen molar-refractivity contribution in [2.45, 2.75) is 64.5 Å². The van der Waals surface area contributed by atoms with Gasteiger partial charge in [-0.05, 0) is 38.6 Å². The molecule has 1 fully saturated rings. The summed E-state index contributed by atoms with van der Waals surface area (Å²) in [5.74, 6) is 0. The van der Waals surface area contributed by atoms with Gasteiger partial charge in [-0.15, -0.1) is 0 Å². The molecule has 0 saturated heterocycles. The Morgan fingerprint density at radius 2 is 1.94 bits per heavy atom. The van der Waals surface area contributed by atoms with Gasteiger partial charge < -0.3 is 14.8 Å². The predicted octanol–water partition coefficient (Wildman–Crippen LogP) is 2.74. The molecule has 1 aliphatic carbocycles. The van der Waals surface area contributed by atoms with Crippen LogP contribution in [-0.4, -0.2) is 38.5 Å². The van der Waals surface area contributed by atoms with Crippen LogP contribution in [0, 0.1) is 0 Å². The van der Waals surface area contributed by atoms with E-state index in [0.29, 0.717) is 12.1 Å². The van der Waals surface area contributed by atoms with E-state index in [0.717, 1.165) is 32.8 Å². The average molecular weight is 243 g/mol. The van der Waals surface area contributed by atoms with E-state index in [1.807, 2.05) is 0 Å². The third-order valence-electron chi connectivity index (χ3n) is 3.29. The number of unbranched alkanes of at least 4 members (excludes halogenated alkanes) is 1. The fourth-order valence-electron chi connectivity index (χ4n) is 2.25. The fraction of sp³-hybridized carbons (Fsp3) is 1.00. The normalized spacial score (nSPS) is 24.4. The lowest BCUT2D eigenvalue weighted by molar-refractivity contribution is 0.00653. The van der Waals surface area contributed by atoms with E-state index in [9.17, 15) is 0 Å². The molecule has 0 radical (unpaired) electrons. The Bertz CT molecular complexity index is 176. The van der Waals surface area contributed by atoms with Gasteiger partial charge >= 0.3 is 0 Å². The Balaban J connectivity index is 1.91. The summed E-state index contributed by atoms with van der Waals surface area (Å²) in [5.41, 5.74) is 0. The number of hydrogen-bond acceptors (Lipinski definition) is 3. The highest BCUT2D eigenvalue weighted by atomic mass is 16.5. The highest BCUT2D eigenvalue weighted by Gasteiger charge is 2.24. The third-order valence-corrected chi connectivity index (χ3v) is 3.29. The molecule has 1 aliphatic rings. The Morgan fingerprint density at radius 3 is 2.71 bits per heavy atom. The van der Waals surface area contributed by atoms with Crippen LogP contribution in [0.15, 0.2) is 0 Å². The standard InChI is InChI=1S/C14H29NO2/c1-3-5-9-16-10-11-17-14-7-6-13(12-14)15-8-4-2/h13-15H,3-12H2,1-2H3. The molecule has 0 aromatic rings. The minimum absolute atomic E-state index is 0.458. The SMILES string of the molecule is CCCCOCCOC1CCC(NCCC)C1. The summed E-state index contributed by atoms with van der Waals surface area (Å²) in [6.45, 7) is 7.92. The lowest BCUT2D eigenvalue weighted by atomic mass is 10.2. The molecule has 1 N–H and O–H groups in total. The number of rotatable bonds is 10. The van der Waals surface area contributed by atoms with Gasteiger partial charge in [-0.1, -0.05) is 20.3 Å². The lowest BCUT2D eigenvalue weighted by Gasteiger charge is -2.13. The topological polar surface area (TPSA) is 30.5 Å². The van der Waals surface area contributed by atoms with E-state index in [4.69, 9.17) is 9.47 Å². The van der Waals surface area contributed by atoms with Crippen molar-refractivity contribution in [3.63, 3.8) is 0 Å². The smallest absolute Gasteiger partial charge is 0.0704 e. The fourth-order valence-corrected chi connectivity index (χ4v) is 2.25. The maximum absolute atomic E-state index is 5.83. The summed E-state index contributed by atoms with van der Waals surface area (Å²) in [6.07, 6.45) is 7.68. The molecule has 17 heavy (non-hydrogen) atoms. The molecule has 0 heterocycles. The van der Waals surface area contributed by atoms with Gasteiger partial charge in [-0.2, -0.15) is 0 Å². The van der Waals surface area contributed by atoms with Crippen molar-refractivity contribution >= 4 is 0 Å². The largest absolute Gasteiger partial charge is 0.379 e. The van der Waals surface area contributed by atoms with Crippen LogP contribution in [0.25, 0.3) is 0 Å². The zero-order chi connectivity index (χ0) is 12.3. The van der Waals surface area contributed by atoms with Crippen LogP contribution in [0.3, 0.4) is 0 Å². The second kappa shape index (κ2) is 9.86. The van der Waals surface area contributed by atoms with E-state index in [1.165, 1.54) is 32.1 Å². The molecule has 3 heteroatoms. The maximum Gasteiger partial charge on any atom is 0.0704 e. The first-order valence-corrected chi connectivity index (χ1v) is 7.29. The third kappa shape index (κ3) is 7.02. The van der Waals surface area contributed by atoms with Gasteiger partial charge in [0.2, 0.25) is 0 Å². The molecular weight excluding hydrogens is 214 g/mol. The zero-order valence-corrected chi connectivity index (χ0v) is 11.5. The van der Waals surface area contributed by atoms with E-state index in [2.05, 4.69) is 19.2 Å². The van der Waals surface area contributed by atoms with Crippen LogP contribution in [-0.2, 0) is 9.47 Å². The molecule has 2 unspecified atom stereocenters. The molecule has 0 aromatic carbocycles. The van der Waals surface area contributed by atoms with Gasteiger partial charge in [0.1, 0.15) is 0 Å².